The Morgan fingerprint density at radius 1 is 1.09 bits per heavy atom. The number of hydrogen-bond acceptors (Lipinski definition) is 2. The summed E-state index contributed by atoms with van der Waals surface area (Å²) < 4.78 is 42.8. The molecule has 22 heavy (non-hydrogen) atoms. The SMILES string of the molecule is COc1ccc(C=CC(=O)c2cccc(C(F)(F)F)c2)cc1. The molecule has 0 aliphatic carbocycles. The van der Waals surface area contributed by atoms with E-state index in [2.05, 4.69) is 0 Å². The van der Waals surface area contributed by atoms with E-state index < -0.39 is 17.5 Å². The Balaban J connectivity index is 2.16. The van der Waals surface area contributed by atoms with Gasteiger partial charge in [0.2, 0.25) is 0 Å². The van der Waals surface area contributed by atoms with Crippen molar-refractivity contribution >= 4 is 11.9 Å². The Bertz CT molecular complexity index is 686. The van der Waals surface area contributed by atoms with Crippen LogP contribution in [0.4, 0.5) is 13.2 Å². The molecule has 2 nitrogen and oxygen atoms in total. The number of ketones is 1. The molecule has 0 radical (unpaired) electrons. The highest BCUT2D eigenvalue weighted by molar-refractivity contribution is 6.06. The first-order valence-corrected chi connectivity index (χ1v) is 6.44. The van der Waals surface area contributed by atoms with Crippen molar-refractivity contribution in [1.82, 2.24) is 0 Å². The van der Waals surface area contributed by atoms with Crippen LogP contribution in [0.5, 0.6) is 5.75 Å². The van der Waals surface area contributed by atoms with Crippen molar-refractivity contribution in [3.05, 3.63) is 71.3 Å². The van der Waals surface area contributed by atoms with E-state index in [1.54, 1.807) is 37.5 Å². The lowest BCUT2D eigenvalue weighted by molar-refractivity contribution is -0.137. The Hall–Kier alpha value is -2.56. The largest absolute Gasteiger partial charge is 0.497 e. The highest BCUT2D eigenvalue weighted by Crippen LogP contribution is 2.29. The van der Waals surface area contributed by atoms with Gasteiger partial charge in [0.15, 0.2) is 5.78 Å². The molecule has 0 aliphatic rings. The number of carbonyl (C=O) groups is 1. The summed E-state index contributed by atoms with van der Waals surface area (Å²) in [5.41, 5.74) is -0.0862. The molecule has 2 aromatic rings. The molecule has 0 saturated heterocycles. The van der Waals surface area contributed by atoms with Crippen molar-refractivity contribution < 1.29 is 22.7 Å². The molecule has 0 heterocycles. The second kappa shape index (κ2) is 6.47. The molecule has 0 amide bonds. The van der Waals surface area contributed by atoms with Gasteiger partial charge in [-0.3, -0.25) is 4.79 Å². The van der Waals surface area contributed by atoms with E-state index in [0.717, 1.165) is 17.7 Å². The topological polar surface area (TPSA) is 26.3 Å². The highest BCUT2D eigenvalue weighted by atomic mass is 19.4. The van der Waals surface area contributed by atoms with Crippen LogP contribution in [0.2, 0.25) is 0 Å². The summed E-state index contributed by atoms with van der Waals surface area (Å²) in [6.07, 6.45) is -1.67. The molecule has 0 aliphatic heterocycles. The maximum atomic E-state index is 12.6. The third-order valence-electron chi connectivity index (χ3n) is 3.02. The van der Waals surface area contributed by atoms with E-state index in [-0.39, 0.29) is 5.56 Å². The van der Waals surface area contributed by atoms with Gasteiger partial charge in [-0.25, -0.2) is 0 Å². The zero-order chi connectivity index (χ0) is 16.2. The van der Waals surface area contributed by atoms with Gasteiger partial charge >= 0.3 is 6.18 Å². The fraction of sp³-hybridized carbons (Fsp3) is 0.118. The molecule has 2 aromatic carbocycles. The summed E-state index contributed by atoms with van der Waals surface area (Å²) >= 11 is 0. The molecule has 0 fully saturated rings. The predicted molar refractivity (Wildman–Crippen MR) is 77.8 cm³/mol. The van der Waals surface area contributed by atoms with Crippen molar-refractivity contribution in [2.24, 2.45) is 0 Å². The van der Waals surface area contributed by atoms with Crippen LogP contribution >= 0.6 is 0 Å². The van der Waals surface area contributed by atoms with Crippen LogP contribution < -0.4 is 4.74 Å². The van der Waals surface area contributed by atoms with E-state index in [1.807, 2.05) is 0 Å². The number of carbonyl (C=O) groups excluding carboxylic acids is 1. The van der Waals surface area contributed by atoms with Gasteiger partial charge in [0.1, 0.15) is 5.75 Å². The fourth-order valence-corrected chi connectivity index (χ4v) is 1.83. The molecule has 2 rings (SSSR count). The maximum absolute atomic E-state index is 12.6. The third-order valence-corrected chi connectivity index (χ3v) is 3.02. The average Bonchev–Trinajstić information content (AvgIpc) is 2.52. The second-order valence-electron chi connectivity index (χ2n) is 4.55. The minimum absolute atomic E-state index is 0.000383. The number of benzene rings is 2. The zero-order valence-electron chi connectivity index (χ0n) is 11.7. The molecular formula is C17H13F3O2. The minimum atomic E-state index is -4.46. The molecular weight excluding hydrogens is 293 g/mol. The van der Waals surface area contributed by atoms with Crippen LogP contribution in [0.1, 0.15) is 21.5 Å². The number of alkyl halides is 3. The van der Waals surface area contributed by atoms with Crippen molar-refractivity contribution in [3.63, 3.8) is 0 Å². The quantitative estimate of drug-likeness (QED) is 0.609. The molecule has 0 saturated carbocycles. The average molecular weight is 306 g/mol. The number of hydrogen-bond donors (Lipinski definition) is 0. The van der Waals surface area contributed by atoms with E-state index in [0.29, 0.717) is 5.75 Å². The first-order valence-electron chi connectivity index (χ1n) is 6.44. The van der Waals surface area contributed by atoms with Crippen LogP contribution in [0.25, 0.3) is 6.08 Å². The van der Waals surface area contributed by atoms with Gasteiger partial charge in [0.25, 0.3) is 0 Å². The maximum Gasteiger partial charge on any atom is 0.416 e. The van der Waals surface area contributed by atoms with Gasteiger partial charge in [-0.1, -0.05) is 30.3 Å². The summed E-state index contributed by atoms with van der Waals surface area (Å²) in [5.74, 6) is 0.197. The first kappa shape index (κ1) is 15.8. The lowest BCUT2D eigenvalue weighted by Gasteiger charge is -2.07. The Labute approximate surface area is 125 Å². The summed E-state index contributed by atoms with van der Waals surface area (Å²) in [5, 5.41) is 0. The first-order chi connectivity index (χ1) is 10.4. The number of methoxy groups -OCH3 is 1. The minimum Gasteiger partial charge on any atom is -0.497 e. The van der Waals surface area contributed by atoms with E-state index in [9.17, 15) is 18.0 Å². The van der Waals surface area contributed by atoms with Gasteiger partial charge in [-0.2, -0.15) is 13.2 Å². The van der Waals surface area contributed by atoms with Gasteiger partial charge in [0.05, 0.1) is 12.7 Å². The second-order valence-corrected chi connectivity index (χ2v) is 4.55. The Morgan fingerprint density at radius 2 is 1.77 bits per heavy atom. The lowest BCUT2D eigenvalue weighted by atomic mass is 10.1. The van der Waals surface area contributed by atoms with Gasteiger partial charge in [-0.15, -0.1) is 0 Å². The van der Waals surface area contributed by atoms with Crippen LogP contribution in [0.15, 0.2) is 54.6 Å². The molecule has 0 atom stereocenters. The normalized spacial score (nSPS) is 11.6. The Kier molecular flexibility index (Phi) is 4.65. The summed E-state index contributed by atoms with van der Waals surface area (Å²) in [6, 6.07) is 11.3. The number of ether oxygens (including phenoxy) is 1. The third kappa shape index (κ3) is 3.97. The van der Waals surface area contributed by atoms with E-state index in [4.69, 9.17) is 4.74 Å². The van der Waals surface area contributed by atoms with Crippen molar-refractivity contribution in [2.75, 3.05) is 7.11 Å². The number of rotatable bonds is 4. The van der Waals surface area contributed by atoms with Crippen LogP contribution in [0.3, 0.4) is 0 Å². The number of allylic oxidation sites excluding steroid dienone is 1. The molecule has 0 unspecified atom stereocenters. The van der Waals surface area contributed by atoms with Crippen LogP contribution in [-0.4, -0.2) is 12.9 Å². The van der Waals surface area contributed by atoms with Gasteiger partial charge in [0, 0.05) is 5.56 Å². The van der Waals surface area contributed by atoms with Crippen molar-refractivity contribution in [1.29, 1.82) is 0 Å². The monoisotopic (exact) mass is 306 g/mol. The molecule has 0 N–H and O–H groups in total. The lowest BCUT2D eigenvalue weighted by Crippen LogP contribution is -2.06. The highest BCUT2D eigenvalue weighted by Gasteiger charge is 2.30. The summed E-state index contributed by atoms with van der Waals surface area (Å²) in [6.45, 7) is 0. The summed E-state index contributed by atoms with van der Waals surface area (Å²) in [4.78, 5) is 11.9. The zero-order valence-corrected chi connectivity index (χ0v) is 11.7. The summed E-state index contributed by atoms with van der Waals surface area (Å²) in [7, 11) is 1.54. The van der Waals surface area contributed by atoms with E-state index >= 15 is 0 Å². The predicted octanol–water partition coefficient (Wildman–Crippen LogP) is 4.61. The molecule has 0 spiro atoms. The molecule has 5 heteroatoms. The van der Waals surface area contributed by atoms with Crippen molar-refractivity contribution in [3.8, 4) is 5.75 Å². The smallest absolute Gasteiger partial charge is 0.416 e. The molecule has 114 valence electrons. The van der Waals surface area contributed by atoms with Crippen LogP contribution in [-0.2, 0) is 6.18 Å². The van der Waals surface area contributed by atoms with Crippen LogP contribution in [0, 0.1) is 0 Å². The van der Waals surface area contributed by atoms with Gasteiger partial charge < -0.3 is 4.74 Å². The Morgan fingerprint density at radius 3 is 2.36 bits per heavy atom. The van der Waals surface area contributed by atoms with Crippen molar-refractivity contribution in [2.45, 2.75) is 6.18 Å². The fourth-order valence-electron chi connectivity index (χ4n) is 1.83. The molecule has 0 bridgehead atoms. The number of halogens is 3. The standard InChI is InChI=1S/C17H13F3O2/c1-22-15-8-5-12(6-9-15)7-10-16(21)13-3-2-4-14(11-13)17(18,19)20/h2-11H,1H3. The molecule has 0 aromatic heterocycles. The van der Waals surface area contributed by atoms with Gasteiger partial charge in [-0.05, 0) is 35.9 Å². The van der Waals surface area contributed by atoms with E-state index in [1.165, 1.54) is 18.2 Å².